The third-order valence-corrected chi connectivity index (χ3v) is 6.00. The summed E-state index contributed by atoms with van der Waals surface area (Å²) in [6.07, 6.45) is 1.65. The van der Waals surface area contributed by atoms with Gasteiger partial charge in [-0.15, -0.1) is 0 Å². The summed E-state index contributed by atoms with van der Waals surface area (Å²) in [5.41, 5.74) is 1.85. The lowest BCUT2D eigenvalue weighted by Gasteiger charge is -2.24. The molecule has 2 aromatic carbocycles. The van der Waals surface area contributed by atoms with Gasteiger partial charge >= 0.3 is 7.60 Å². The van der Waals surface area contributed by atoms with Crippen LogP contribution in [0.1, 0.15) is 37.8 Å². The molecule has 0 aromatic heterocycles. The zero-order valence-electron chi connectivity index (χ0n) is 17.8. The first kappa shape index (κ1) is 23.8. The molecule has 159 valence electrons. The maximum Gasteiger partial charge on any atom is 0.327 e. The lowest BCUT2D eigenvalue weighted by Crippen LogP contribution is -2.32. The molecule has 1 aliphatic carbocycles. The number of hydrogen-bond acceptors (Lipinski definition) is 4. The Morgan fingerprint density at radius 2 is 1.28 bits per heavy atom. The predicted octanol–water partition coefficient (Wildman–Crippen LogP) is 5.53. The Bertz CT molecular complexity index is 698. The summed E-state index contributed by atoms with van der Waals surface area (Å²) in [4.78, 5) is 2.28. The Morgan fingerprint density at radius 3 is 1.62 bits per heavy atom. The van der Waals surface area contributed by atoms with Crippen molar-refractivity contribution in [3.8, 4) is 0 Å². The third kappa shape index (κ3) is 9.70. The standard InChI is InChI=1S/C18H20NO.C5H13O3P/c20-18(11-12-18)15-19(13-16-7-3-1-4-8-16)14-17-9-5-2-6-10-17;1-4-7-9(3,6)8-5-2/h1-10H,11-15H2;4-5H2,1-3H3. The highest BCUT2D eigenvalue weighted by atomic mass is 31.2. The van der Waals surface area contributed by atoms with Crippen LogP contribution in [0.15, 0.2) is 60.7 Å². The van der Waals surface area contributed by atoms with E-state index in [0.29, 0.717) is 19.8 Å². The molecule has 2 aromatic rings. The first-order valence-corrected chi connectivity index (χ1v) is 12.2. The summed E-state index contributed by atoms with van der Waals surface area (Å²) in [7, 11) is -2.69. The van der Waals surface area contributed by atoms with Gasteiger partial charge in [-0.3, -0.25) is 9.46 Å². The molecule has 0 spiro atoms. The normalized spacial score (nSPS) is 14.9. The van der Waals surface area contributed by atoms with E-state index in [1.165, 1.54) is 17.8 Å². The molecule has 1 saturated carbocycles. The van der Waals surface area contributed by atoms with Crippen molar-refractivity contribution in [2.24, 2.45) is 0 Å². The van der Waals surface area contributed by atoms with E-state index < -0.39 is 13.2 Å². The molecule has 1 radical (unpaired) electrons. The molecule has 6 heteroatoms. The lowest BCUT2D eigenvalue weighted by atomic mass is 10.1. The van der Waals surface area contributed by atoms with Crippen LogP contribution in [0, 0.1) is 0 Å². The molecule has 29 heavy (non-hydrogen) atoms. The molecule has 0 saturated heterocycles. The molecule has 0 bridgehead atoms. The second-order valence-electron chi connectivity index (χ2n) is 7.41. The maximum absolute atomic E-state index is 12.2. The van der Waals surface area contributed by atoms with Gasteiger partial charge in [-0.05, 0) is 37.8 Å². The highest BCUT2D eigenvalue weighted by Crippen LogP contribution is 2.43. The molecule has 0 unspecified atom stereocenters. The Balaban J connectivity index is 0.000000284. The van der Waals surface area contributed by atoms with Crippen LogP contribution in [-0.4, -0.2) is 36.9 Å². The summed E-state index contributed by atoms with van der Waals surface area (Å²) in [6.45, 7) is 8.27. The molecule has 1 aliphatic rings. The summed E-state index contributed by atoms with van der Waals surface area (Å²) < 4.78 is 20.6. The fourth-order valence-electron chi connectivity index (χ4n) is 3.06. The van der Waals surface area contributed by atoms with Crippen molar-refractivity contribution in [2.45, 2.75) is 45.4 Å². The molecule has 0 N–H and O–H groups in total. The minimum absolute atomic E-state index is 0.438. The van der Waals surface area contributed by atoms with Crippen LogP contribution in [0.4, 0.5) is 0 Å². The van der Waals surface area contributed by atoms with Crippen molar-refractivity contribution < 1.29 is 18.7 Å². The zero-order chi connectivity index (χ0) is 21.2. The molecule has 0 amide bonds. The van der Waals surface area contributed by atoms with Crippen LogP contribution >= 0.6 is 7.60 Å². The number of rotatable bonds is 10. The third-order valence-electron chi connectivity index (χ3n) is 4.54. The summed E-state index contributed by atoms with van der Waals surface area (Å²) >= 11 is 0. The molecule has 0 aliphatic heterocycles. The average Bonchev–Trinajstić information content (AvgIpc) is 3.40. The molecule has 5 nitrogen and oxygen atoms in total. The van der Waals surface area contributed by atoms with Gasteiger partial charge in [0.1, 0.15) is 5.60 Å². The quantitative estimate of drug-likeness (QED) is 0.476. The van der Waals surface area contributed by atoms with Gasteiger partial charge in [0, 0.05) is 26.3 Å². The monoisotopic (exact) mass is 418 g/mol. The highest BCUT2D eigenvalue weighted by Gasteiger charge is 2.44. The highest BCUT2D eigenvalue weighted by molar-refractivity contribution is 7.52. The Kier molecular flexibility index (Phi) is 9.54. The molecular formula is C23H33NO4P. The zero-order valence-corrected chi connectivity index (χ0v) is 18.6. The van der Waals surface area contributed by atoms with Crippen LogP contribution in [0.2, 0.25) is 0 Å². The average molecular weight is 418 g/mol. The molecular weight excluding hydrogens is 385 g/mol. The summed E-state index contributed by atoms with van der Waals surface area (Å²) in [6, 6.07) is 20.8. The van der Waals surface area contributed by atoms with E-state index in [0.717, 1.165) is 25.9 Å². The second-order valence-corrected chi connectivity index (χ2v) is 9.47. The van der Waals surface area contributed by atoms with Crippen molar-refractivity contribution in [1.29, 1.82) is 0 Å². The van der Waals surface area contributed by atoms with E-state index in [1.807, 2.05) is 12.1 Å². The van der Waals surface area contributed by atoms with Crippen LogP contribution in [0.5, 0.6) is 0 Å². The largest absolute Gasteiger partial charge is 0.327 e. The van der Waals surface area contributed by atoms with Crippen LogP contribution in [0.3, 0.4) is 0 Å². The molecule has 1 fully saturated rings. The van der Waals surface area contributed by atoms with Crippen LogP contribution in [-0.2, 0) is 31.8 Å². The van der Waals surface area contributed by atoms with Crippen molar-refractivity contribution in [3.63, 3.8) is 0 Å². The smallest absolute Gasteiger partial charge is 0.309 e. The van der Waals surface area contributed by atoms with E-state index in [2.05, 4.69) is 53.4 Å². The predicted molar refractivity (Wildman–Crippen MR) is 116 cm³/mol. The van der Waals surface area contributed by atoms with Gasteiger partial charge in [0.15, 0.2) is 0 Å². The summed E-state index contributed by atoms with van der Waals surface area (Å²) in [5, 5.41) is 12.2. The second kappa shape index (κ2) is 11.6. The minimum Gasteiger partial charge on any atom is -0.309 e. The van der Waals surface area contributed by atoms with E-state index in [4.69, 9.17) is 9.05 Å². The minimum atomic E-state index is -2.69. The molecule has 0 heterocycles. The first-order chi connectivity index (χ1) is 13.9. The van der Waals surface area contributed by atoms with E-state index in [1.54, 1.807) is 13.8 Å². The fraction of sp³-hybridized carbons (Fsp3) is 0.478. The Hall–Kier alpha value is -1.49. The van der Waals surface area contributed by atoms with Crippen molar-refractivity contribution in [2.75, 3.05) is 26.4 Å². The number of hydrogen-bond donors (Lipinski definition) is 0. The lowest BCUT2D eigenvalue weighted by molar-refractivity contribution is 0.0238. The van der Waals surface area contributed by atoms with Gasteiger partial charge in [-0.1, -0.05) is 60.7 Å². The van der Waals surface area contributed by atoms with Gasteiger partial charge in [-0.25, -0.2) is 5.11 Å². The molecule has 3 rings (SSSR count). The molecule has 0 atom stereocenters. The van der Waals surface area contributed by atoms with Crippen molar-refractivity contribution in [3.05, 3.63) is 71.8 Å². The topological polar surface area (TPSA) is 58.7 Å². The van der Waals surface area contributed by atoms with E-state index in [-0.39, 0.29) is 0 Å². The van der Waals surface area contributed by atoms with Crippen LogP contribution < -0.4 is 0 Å². The van der Waals surface area contributed by atoms with E-state index >= 15 is 0 Å². The Morgan fingerprint density at radius 1 is 0.862 bits per heavy atom. The van der Waals surface area contributed by atoms with Gasteiger partial charge in [0.05, 0.1) is 13.2 Å². The van der Waals surface area contributed by atoms with Gasteiger partial charge in [0.25, 0.3) is 0 Å². The number of nitrogens with zero attached hydrogens (tertiary/aromatic N) is 1. The van der Waals surface area contributed by atoms with E-state index in [9.17, 15) is 9.67 Å². The van der Waals surface area contributed by atoms with Crippen molar-refractivity contribution >= 4 is 7.60 Å². The van der Waals surface area contributed by atoms with Gasteiger partial charge in [-0.2, -0.15) is 0 Å². The van der Waals surface area contributed by atoms with Gasteiger partial charge < -0.3 is 9.05 Å². The first-order valence-electron chi connectivity index (χ1n) is 10.2. The van der Waals surface area contributed by atoms with Gasteiger partial charge in [0.2, 0.25) is 0 Å². The fourth-order valence-corrected chi connectivity index (χ4v) is 4.07. The SMILES string of the molecule is CCOP(C)(=O)OCC.[O]C1(CN(Cc2ccccc2)Cc2ccccc2)CC1. The summed E-state index contributed by atoms with van der Waals surface area (Å²) in [5.74, 6) is 0. The van der Waals surface area contributed by atoms with Crippen molar-refractivity contribution in [1.82, 2.24) is 4.90 Å². The number of benzene rings is 2. The Labute approximate surface area is 175 Å². The van der Waals surface area contributed by atoms with Crippen LogP contribution in [0.25, 0.3) is 0 Å². The maximum atomic E-state index is 12.2.